The molecule has 1 aliphatic rings. The van der Waals surface area contributed by atoms with Crippen molar-refractivity contribution in [2.24, 2.45) is 0 Å². The summed E-state index contributed by atoms with van der Waals surface area (Å²) in [5.74, 6) is -0.00959. The SMILES string of the molecule is COc1cc2ncn(CC(=O)Nc3sc4c(c3C(=O)OC(C)C)CCCC4)c(=O)c2cc1OC. The Morgan fingerprint density at radius 3 is 2.56 bits per heavy atom. The molecule has 2 heterocycles. The van der Waals surface area contributed by atoms with E-state index >= 15 is 0 Å². The molecular weight excluding hydrogens is 458 g/mol. The minimum atomic E-state index is -0.435. The van der Waals surface area contributed by atoms with Crippen LogP contribution in [0.15, 0.2) is 23.3 Å². The topological polar surface area (TPSA) is 109 Å². The maximum Gasteiger partial charge on any atom is 0.341 e. The van der Waals surface area contributed by atoms with Crippen LogP contribution >= 0.6 is 11.3 Å². The Balaban J connectivity index is 1.62. The maximum atomic E-state index is 13.0. The fourth-order valence-corrected chi connectivity index (χ4v) is 5.36. The van der Waals surface area contributed by atoms with E-state index in [1.165, 1.54) is 36.5 Å². The summed E-state index contributed by atoms with van der Waals surface area (Å²) in [5, 5.41) is 3.61. The van der Waals surface area contributed by atoms with Gasteiger partial charge in [0.1, 0.15) is 11.5 Å². The van der Waals surface area contributed by atoms with Crippen LogP contribution in [0, 0.1) is 0 Å². The fourth-order valence-electron chi connectivity index (χ4n) is 4.06. The number of carbonyl (C=O) groups excluding carboxylic acids is 2. The molecule has 4 rings (SSSR count). The van der Waals surface area contributed by atoms with Crippen molar-refractivity contribution in [2.75, 3.05) is 19.5 Å². The number of aromatic nitrogens is 2. The number of rotatable bonds is 7. The van der Waals surface area contributed by atoms with Crippen LogP contribution in [0.4, 0.5) is 5.00 Å². The number of benzene rings is 1. The Kier molecular flexibility index (Phi) is 6.87. The maximum absolute atomic E-state index is 13.0. The summed E-state index contributed by atoms with van der Waals surface area (Å²) < 4.78 is 17.2. The van der Waals surface area contributed by atoms with Gasteiger partial charge in [0.05, 0.1) is 43.1 Å². The zero-order valence-corrected chi connectivity index (χ0v) is 20.4. The Morgan fingerprint density at radius 2 is 1.85 bits per heavy atom. The van der Waals surface area contributed by atoms with Crippen molar-refractivity contribution in [1.29, 1.82) is 0 Å². The molecule has 0 saturated carbocycles. The van der Waals surface area contributed by atoms with Crippen LogP contribution < -0.4 is 20.3 Å². The van der Waals surface area contributed by atoms with Crippen LogP contribution in [0.25, 0.3) is 10.9 Å². The van der Waals surface area contributed by atoms with Crippen LogP contribution in [0.3, 0.4) is 0 Å². The average Bonchev–Trinajstić information content (AvgIpc) is 3.17. The number of fused-ring (bicyclic) bond motifs is 2. The Hall–Kier alpha value is -3.40. The molecule has 0 atom stereocenters. The number of esters is 1. The molecule has 0 bridgehead atoms. The molecule has 0 radical (unpaired) electrons. The van der Waals surface area contributed by atoms with E-state index in [-0.39, 0.29) is 18.2 Å². The van der Waals surface area contributed by atoms with E-state index in [1.54, 1.807) is 26.0 Å². The van der Waals surface area contributed by atoms with Crippen LogP contribution in [-0.4, -0.2) is 41.8 Å². The van der Waals surface area contributed by atoms with Gasteiger partial charge in [-0.15, -0.1) is 11.3 Å². The molecule has 0 saturated heterocycles. The van der Waals surface area contributed by atoms with Gasteiger partial charge < -0.3 is 19.5 Å². The van der Waals surface area contributed by atoms with Gasteiger partial charge in [-0.3, -0.25) is 14.2 Å². The first-order valence-corrected chi connectivity index (χ1v) is 11.9. The minimum Gasteiger partial charge on any atom is -0.493 e. The van der Waals surface area contributed by atoms with Crippen molar-refractivity contribution in [3.05, 3.63) is 44.8 Å². The minimum absolute atomic E-state index is 0.253. The monoisotopic (exact) mass is 485 g/mol. The van der Waals surface area contributed by atoms with Crippen molar-refractivity contribution in [3.63, 3.8) is 0 Å². The van der Waals surface area contributed by atoms with Gasteiger partial charge in [-0.2, -0.15) is 0 Å². The Morgan fingerprint density at radius 1 is 1.15 bits per heavy atom. The van der Waals surface area contributed by atoms with Gasteiger partial charge in [0.2, 0.25) is 5.91 Å². The third kappa shape index (κ3) is 4.63. The van der Waals surface area contributed by atoms with Gasteiger partial charge in [-0.05, 0) is 51.2 Å². The summed E-state index contributed by atoms with van der Waals surface area (Å²) in [6, 6.07) is 3.16. The first-order chi connectivity index (χ1) is 16.3. The standard InChI is InChI=1S/C24H27N3O6S/c1-13(2)33-24(30)21-14-7-5-6-8-19(14)34-22(21)26-20(28)11-27-12-25-16-10-18(32-4)17(31-3)9-15(16)23(27)29/h9-10,12-13H,5-8,11H2,1-4H3,(H,26,28). The predicted molar refractivity (Wildman–Crippen MR) is 129 cm³/mol. The quantitative estimate of drug-likeness (QED) is 0.510. The number of thiophene rings is 1. The van der Waals surface area contributed by atoms with Crippen LogP contribution in [0.1, 0.15) is 47.5 Å². The first-order valence-electron chi connectivity index (χ1n) is 11.1. The van der Waals surface area contributed by atoms with Crippen molar-refractivity contribution < 1.29 is 23.8 Å². The van der Waals surface area contributed by atoms with Gasteiger partial charge >= 0.3 is 5.97 Å². The molecule has 2 aromatic heterocycles. The number of methoxy groups -OCH3 is 2. The number of aryl methyl sites for hydroxylation is 1. The molecule has 3 aromatic rings. The number of hydrogen-bond donors (Lipinski definition) is 1. The molecule has 10 heteroatoms. The second kappa shape index (κ2) is 9.84. The largest absolute Gasteiger partial charge is 0.493 e. The molecule has 0 spiro atoms. The lowest BCUT2D eigenvalue weighted by molar-refractivity contribution is -0.116. The highest BCUT2D eigenvalue weighted by Gasteiger charge is 2.28. The summed E-state index contributed by atoms with van der Waals surface area (Å²) >= 11 is 1.41. The van der Waals surface area contributed by atoms with Crippen molar-refractivity contribution in [3.8, 4) is 11.5 Å². The van der Waals surface area contributed by atoms with E-state index < -0.39 is 11.9 Å². The van der Waals surface area contributed by atoms with Crippen LogP contribution in [-0.2, 0) is 28.9 Å². The van der Waals surface area contributed by atoms with Crippen LogP contribution in [0.2, 0.25) is 0 Å². The summed E-state index contributed by atoms with van der Waals surface area (Å²) in [6.45, 7) is 3.33. The lowest BCUT2D eigenvalue weighted by Gasteiger charge is -2.14. The molecule has 1 aliphatic carbocycles. The van der Waals surface area contributed by atoms with Crippen molar-refractivity contribution in [1.82, 2.24) is 9.55 Å². The normalized spacial score (nSPS) is 13.0. The van der Waals surface area contributed by atoms with Crippen molar-refractivity contribution >= 4 is 39.1 Å². The van der Waals surface area contributed by atoms with Gasteiger partial charge in [0, 0.05) is 10.9 Å². The number of nitrogens with one attached hydrogen (secondary N) is 1. The summed E-state index contributed by atoms with van der Waals surface area (Å²) in [4.78, 5) is 44.1. The number of anilines is 1. The average molecular weight is 486 g/mol. The van der Waals surface area contributed by atoms with E-state index in [1.807, 2.05) is 0 Å². The van der Waals surface area contributed by atoms with E-state index in [0.717, 1.165) is 36.1 Å². The summed E-state index contributed by atoms with van der Waals surface area (Å²) in [5.41, 5.74) is 1.44. The molecule has 0 unspecified atom stereocenters. The molecule has 9 nitrogen and oxygen atoms in total. The van der Waals surface area contributed by atoms with E-state index in [9.17, 15) is 14.4 Å². The van der Waals surface area contributed by atoms with Crippen molar-refractivity contribution in [2.45, 2.75) is 52.2 Å². The Bertz CT molecular complexity index is 1310. The molecule has 34 heavy (non-hydrogen) atoms. The number of hydrogen-bond acceptors (Lipinski definition) is 8. The smallest absolute Gasteiger partial charge is 0.341 e. The number of amides is 1. The lowest BCUT2D eigenvalue weighted by atomic mass is 9.95. The molecule has 1 N–H and O–H groups in total. The number of ether oxygens (including phenoxy) is 3. The molecule has 1 amide bonds. The fraction of sp³-hybridized carbons (Fsp3) is 0.417. The highest BCUT2D eigenvalue weighted by atomic mass is 32.1. The third-order valence-corrected chi connectivity index (χ3v) is 6.82. The first kappa shape index (κ1) is 23.7. The third-order valence-electron chi connectivity index (χ3n) is 5.61. The predicted octanol–water partition coefficient (Wildman–Crippen LogP) is 3.56. The number of carbonyl (C=O) groups is 2. The molecule has 1 aromatic carbocycles. The molecule has 180 valence electrons. The van der Waals surface area contributed by atoms with Gasteiger partial charge in [-0.25, -0.2) is 9.78 Å². The summed E-state index contributed by atoms with van der Waals surface area (Å²) in [6.07, 6.45) is 4.75. The second-order valence-electron chi connectivity index (χ2n) is 8.32. The van der Waals surface area contributed by atoms with E-state index in [0.29, 0.717) is 33.0 Å². The zero-order chi connectivity index (χ0) is 24.4. The van der Waals surface area contributed by atoms with Crippen LogP contribution in [0.5, 0.6) is 11.5 Å². The van der Waals surface area contributed by atoms with Gasteiger partial charge in [-0.1, -0.05) is 0 Å². The summed E-state index contributed by atoms with van der Waals surface area (Å²) in [7, 11) is 2.98. The lowest BCUT2D eigenvalue weighted by Crippen LogP contribution is -2.28. The van der Waals surface area contributed by atoms with E-state index in [2.05, 4.69) is 10.3 Å². The van der Waals surface area contributed by atoms with Gasteiger partial charge in [0.15, 0.2) is 11.5 Å². The highest BCUT2D eigenvalue weighted by molar-refractivity contribution is 7.17. The number of nitrogens with zero attached hydrogens (tertiary/aromatic N) is 2. The zero-order valence-electron chi connectivity index (χ0n) is 19.6. The molecular formula is C24H27N3O6S. The van der Waals surface area contributed by atoms with E-state index in [4.69, 9.17) is 14.2 Å². The second-order valence-corrected chi connectivity index (χ2v) is 9.42. The molecule has 0 aliphatic heterocycles. The Labute approximate surface area is 200 Å². The highest BCUT2D eigenvalue weighted by Crippen LogP contribution is 2.38. The molecule has 0 fully saturated rings. The van der Waals surface area contributed by atoms with Gasteiger partial charge in [0.25, 0.3) is 5.56 Å².